The van der Waals surface area contributed by atoms with Gasteiger partial charge < -0.3 is 5.32 Å². The van der Waals surface area contributed by atoms with Gasteiger partial charge in [0.25, 0.3) is 0 Å². The van der Waals surface area contributed by atoms with Gasteiger partial charge in [-0.15, -0.1) is 11.8 Å². The molecule has 0 bridgehead atoms. The number of benzene rings is 1. The van der Waals surface area contributed by atoms with Crippen molar-refractivity contribution in [3.05, 3.63) is 34.9 Å². The molecule has 0 saturated heterocycles. The molecule has 0 unspecified atom stereocenters. The molecule has 0 atom stereocenters. The molecule has 1 rings (SSSR count). The maximum absolute atomic E-state index is 3.38. The monoisotopic (exact) mass is 201 g/mol. The van der Waals surface area contributed by atoms with Crippen molar-refractivity contribution in [2.75, 3.05) is 6.54 Å². The molecule has 0 heterocycles. The molecule has 80 valence electrons. The van der Waals surface area contributed by atoms with Gasteiger partial charge in [-0.05, 0) is 37.5 Å². The fourth-order valence-electron chi connectivity index (χ4n) is 1.42. The summed E-state index contributed by atoms with van der Waals surface area (Å²) in [6.45, 7) is 8.08. The van der Waals surface area contributed by atoms with Crippen LogP contribution < -0.4 is 5.32 Å². The highest BCUT2D eigenvalue weighted by molar-refractivity contribution is 5.29. The van der Waals surface area contributed by atoms with Crippen LogP contribution in [-0.2, 0) is 6.54 Å². The number of hydrogen-bond donors (Lipinski definition) is 1. The SMILES string of the molecule is CC#CCCNCc1ccc(C)c(C)c1. The van der Waals surface area contributed by atoms with E-state index in [2.05, 4.69) is 49.2 Å². The second-order valence-corrected chi connectivity index (χ2v) is 3.77. The first-order valence-corrected chi connectivity index (χ1v) is 5.40. The van der Waals surface area contributed by atoms with Crippen LogP contribution in [0.15, 0.2) is 18.2 Å². The molecule has 0 fully saturated rings. The minimum Gasteiger partial charge on any atom is -0.312 e. The Hall–Kier alpha value is -1.26. The number of aryl methyl sites for hydroxylation is 2. The molecule has 0 aliphatic carbocycles. The Labute approximate surface area is 92.9 Å². The van der Waals surface area contributed by atoms with Crippen LogP contribution in [0.2, 0.25) is 0 Å². The van der Waals surface area contributed by atoms with Gasteiger partial charge >= 0.3 is 0 Å². The van der Waals surface area contributed by atoms with Gasteiger partial charge in [0.05, 0.1) is 0 Å². The minimum absolute atomic E-state index is 0.932. The summed E-state index contributed by atoms with van der Waals surface area (Å²) in [5, 5.41) is 3.38. The van der Waals surface area contributed by atoms with E-state index in [1.807, 2.05) is 6.92 Å². The van der Waals surface area contributed by atoms with Crippen LogP contribution in [0.4, 0.5) is 0 Å². The molecule has 0 aliphatic rings. The second-order valence-electron chi connectivity index (χ2n) is 3.77. The largest absolute Gasteiger partial charge is 0.312 e. The van der Waals surface area contributed by atoms with E-state index in [1.54, 1.807) is 0 Å². The second kappa shape index (κ2) is 6.27. The van der Waals surface area contributed by atoms with Crippen LogP contribution in [0.1, 0.15) is 30.0 Å². The zero-order chi connectivity index (χ0) is 11.1. The maximum atomic E-state index is 3.38. The molecule has 0 aromatic heterocycles. The number of hydrogen-bond acceptors (Lipinski definition) is 1. The lowest BCUT2D eigenvalue weighted by Gasteiger charge is -2.05. The van der Waals surface area contributed by atoms with Crippen LogP contribution in [-0.4, -0.2) is 6.54 Å². The van der Waals surface area contributed by atoms with Gasteiger partial charge in [-0.25, -0.2) is 0 Å². The quantitative estimate of drug-likeness (QED) is 0.583. The molecule has 1 N–H and O–H groups in total. The van der Waals surface area contributed by atoms with Crippen LogP contribution in [0.3, 0.4) is 0 Å². The van der Waals surface area contributed by atoms with E-state index in [4.69, 9.17) is 0 Å². The van der Waals surface area contributed by atoms with E-state index < -0.39 is 0 Å². The Morgan fingerprint density at radius 1 is 1.20 bits per heavy atom. The third-order valence-electron chi connectivity index (χ3n) is 2.50. The molecular formula is C14H19N. The van der Waals surface area contributed by atoms with Gasteiger partial charge in [0.1, 0.15) is 0 Å². The summed E-state index contributed by atoms with van der Waals surface area (Å²) in [6.07, 6.45) is 0.932. The van der Waals surface area contributed by atoms with Crippen molar-refractivity contribution in [1.29, 1.82) is 0 Å². The normalized spacial score (nSPS) is 9.53. The van der Waals surface area contributed by atoms with E-state index >= 15 is 0 Å². The molecular weight excluding hydrogens is 182 g/mol. The molecule has 1 aromatic carbocycles. The first kappa shape index (κ1) is 11.8. The minimum atomic E-state index is 0.932. The van der Waals surface area contributed by atoms with E-state index in [0.717, 1.165) is 19.5 Å². The summed E-state index contributed by atoms with van der Waals surface area (Å²) in [4.78, 5) is 0. The molecule has 1 aromatic rings. The summed E-state index contributed by atoms with van der Waals surface area (Å²) in [6, 6.07) is 6.60. The molecule has 15 heavy (non-hydrogen) atoms. The van der Waals surface area contributed by atoms with E-state index in [1.165, 1.54) is 16.7 Å². The molecule has 1 nitrogen and oxygen atoms in total. The highest BCUT2D eigenvalue weighted by Gasteiger charge is 1.95. The lowest BCUT2D eigenvalue weighted by atomic mass is 10.1. The standard InChI is InChI=1S/C14H19N/c1-4-5-6-9-15-11-14-8-7-12(2)13(3)10-14/h7-8,10,15H,6,9,11H2,1-3H3. The van der Waals surface area contributed by atoms with E-state index in [-0.39, 0.29) is 0 Å². The smallest absolute Gasteiger partial charge is 0.0214 e. The van der Waals surface area contributed by atoms with Crippen LogP contribution in [0, 0.1) is 25.7 Å². The van der Waals surface area contributed by atoms with Gasteiger partial charge in [-0.2, -0.15) is 0 Å². The summed E-state index contributed by atoms with van der Waals surface area (Å²) in [5.74, 6) is 5.94. The molecule has 0 radical (unpaired) electrons. The first-order valence-electron chi connectivity index (χ1n) is 5.40. The Morgan fingerprint density at radius 3 is 2.67 bits per heavy atom. The highest BCUT2D eigenvalue weighted by atomic mass is 14.8. The molecule has 0 spiro atoms. The zero-order valence-corrected chi connectivity index (χ0v) is 9.85. The van der Waals surface area contributed by atoms with Gasteiger partial charge in [0.2, 0.25) is 0 Å². The third kappa shape index (κ3) is 4.18. The zero-order valence-electron chi connectivity index (χ0n) is 9.85. The van der Waals surface area contributed by atoms with Crippen LogP contribution in [0.5, 0.6) is 0 Å². The van der Waals surface area contributed by atoms with Crippen LogP contribution in [0.25, 0.3) is 0 Å². The third-order valence-corrected chi connectivity index (χ3v) is 2.50. The summed E-state index contributed by atoms with van der Waals surface area (Å²) >= 11 is 0. The van der Waals surface area contributed by atoms with E-state index in [0.29, 0.717) is 0 Å². The Morgan fingerprint density at radius 2 is 2.00 bits per heavy atom. The van der Waals surface area contributed by atoms with Crippen molar-refractivity contribution in [2.45, 2.75) is 33.7 Å². The Bertz CT molecular complexity index is 369. The fraction of sp³-hybridized carbons (Fsp3) is 0.429. The van der Waals surface area contributed by atoms with Gasteiger partial charge in [-0.1, -0.05) is 18.2 Å². The molecule has 0 saturated carbocycles. The van der Waals surface area contributed by atoms with Crippen molar-refractivity contribution in [1.82, 2.24) is 5.32 Å². The van der Waals surface area contributed by atoms with Gasteiger partial charge in [0.15, 0.2) is 0 Å². The van der Waals surface area contributed by atoms with Crippen molar-refractivity contribution < 1.29 is 0 Å². The average Bonchev–Trinajstić information content (AvgIpc) is 2.23. The lowest BCUT2D eigenvalue weighted by Crippen LogP contribution is -2.14. The number of nitrogens with one attached hydrogen (secondary N) is 1. The van der Waals surface area contributed by atoms with Crippen LogP contribution >= 0.6 is 0 Å². The summed E-state index contributed by atoms with van der Waals surface area (Å²) in [7, 11) is 0. The Balaban J connectivity index is 2.36. The average molecular weight is 201 g/mol. The molecule has 0 amide bonds. The maximum Gasteiger partial charge on any atom is 0.0214 e. The number of rotatable bonds is 4. The van der Waals surface area contributed by atoms with Crippen molar-refractivity contribution >= 4 is 0 Å². The lowest BCUT2D eigenvalue weighted by molar-refractivity contribution is 0.700. The molecule has 0 aliphatic heterocycles. The fourth-order valence-corrected chi connectivity index (χ4v) is 1.42. The highest BCUT2D eigenvalue weighted by Crippen LogP contribution is 2.09. The predicted octanol–water partition coefficient (Wildman–Crippen LogP) is 2.81. The van der Waals surface area contributed by atoms with Gasteiger partial charge in [-0.3, -0.25) is 0 Å². The molecule has 1 heteroatoms. The van der Waals surface area contributed by atoms with Gasteiger partial charge in [0, 0.05) is 19.5 Å². The topological polar surface area (TPSA) is 12.0 Å². The summed E-state index contributed by atoms with van der Waals surface area (Å²) < 4.78 is 0. The Kier molecular flexibility index (Phi) is 4.93. The van der Waals surface area contributed by atoms with Crippen molar-refractivity contribution in [2.24, 2.45) is 0 Å². The first-order chi connectivity index (χ1) is 7.24. The van der Waals surface area contributed by atoms with Crippen molar-refractivity contribution in [3.63, 3.8) is 0 Å². The van der Waals surface area contributed by atoms with Crippen molar-refractivity contribution in [3.8, 4) is 11.8 Å². The van der Waals surface area contributed by atoms with E-state index in [9.17, 15) is 0 Å². The summed E-state index contributed by atoms with van der Waals surface area (Å²) in [5.41, 5.74) is 4.07. The predicted molar refractivity (Wildman–Crippen MR) is 65.7 cm³/mol.